The van der Waals surface area contributed by atoms with E-state index in [-0.39, 0.29) is 45.4 Å². The second-order valence-corrected chi connectivity index (χ2v) is 15.4. The third-order valence-corrected chi connectivity index (χ3v) is 10.4. The van der Waals surface area contributed by atoms with Crippen LogP contribution >= 0.6 is 0 Å². The molecule has 0 spiro atoms. The molecule has 0 aromatic rings. The minimum absolute atomic E-state index is 0.0969. The summed E-state index contributed by atoms with van der Waals surface area (Å²) in [5.74, 6) is 0. The summed E-state index contributed by atoms with van der Waals surface area (Å²) >= 11 is 0. The quantitative estimate of drug-likeness (QED) is 0.194. The van der Waals surface area contributed by atoms with Gasteiger partial charge in [0.05, 0.1) is 12.2 Å². The molecule has 4 heteroatoms. The molecule has 44 heavy (non-hydrogen) atoms. The second-order valence-electron chi connectivity index (χ2n) is 15.4. The molecule has 2 aliphatic carbocycles. The van der Waals surface area contributed by atoms with Crippen LogP contribution < -0.4 is 0 Å². The van der Waals surface area contributed by atoms with Gasteiger partial charge in [0.1, 0.15) is 22.4 Å². The Labute approximate surface area is 267 Å². The average Bonchev–Trinajstić information content (AvgIpc) is 3.73. The van der Waals surface area contributed by atoms with E-state index in [1.54, 1.807) is 0 Å². The number of ether oxygens (including phenoxy) is 2. The number of hydrogen-bond donors (Lipinski definition) is 2. The van der Waals surface area contributed by atoms with Crippen molar-refractivity contribution in [2.45, 2.75) is 130 Å². The minimum Gasteiger partial charge on any atom is -0.393 e. The molecule has 2 aliphatic heterocycles. The van der Waals surface area contributed by atoms with E-state index in [4.69, 9.17) is 9.47 Å². The fraction of sp³-hybridized carbons (Fsp3) is 0.550. The van der Waals surface area contributed by atoms with Crippen LogP contribution in [0.15, 0.2) is 107 Å². The fourth-order valence-electron chi connectivity index (χ4n) is 7.99. The van der Waals surface area contributed by atoms with Gasteiger partial charge in [-0.2, -0.15) is 0 Å². The molecule has 0 aromatic heterocycles. The minimum atomic E-state index is -0.294. The van der Waals surface area contributed by atoms with Gasteiger partial charge in [-0.15, -0.1) is 0 Å². The van der Waals surface area contributed by atoms with Gasteiger partial charge in [-0.25, -0.2) is 0 Å². The zero-order chi connectivity index (χ0) is 32.6. The van der Waals surface area contributed by atoms with E-state index >= 15 is 0 Å². The summed E-state index contributed by atoms with van der Waals surface area (Å²) in [6.45, 7) is 21.4. The van der Waals surface area contributed by atoms with E-state index < -0.39 is 0 Å². The van der Waals surface area contributed by atoms with E-state index in [0.29, 0.717) is 12.8 Å². The lowest BCUT2D eigenvalue weighted by Gasteiger charge is -2.39. The molecule has 240 valence electrons. The average molecular weight is 601 g/mol. The zero-order valence-corrected chi connectivity index (χ0v) is 28.8. The maximum atomic E-state index is 10.3. The van der Waals surface area contributed by atoms with Crippen LogP contribution in [0.4, 0.5) is 0 Å². The predicted octanol–water partition coefficient (Wildman–Crippen LogP) is 8.97. The number of fused-ring (bicyclic) bond motifs is 2. The molecule has 0 amide bonds. The van der Waals surface area contributed by atoms with Gasteiger partial charge >= 0.3 is 0 Å². The largest absolute Gasteiger partial charge is 0.393 e. The first-order chi connectivity index (χ1) is 20.4. The number of allylic oxidation sites excluding steroid dienone is 16. The van der Waals surface area contributed by atoms with Crippen LogP contribution in [0.25, 0.3) is 0 Å². The molecule has 4 nitrogen and oxygen atoms in total. The molecule has 2 unspecified atom stereocenters. The number of rotatable bonds is 10. The van der Waals surface area contributed by atoms with Crippen molar-refractivity contribution in [3.05, 3.63) is 107 Å². The molecule has 4 fully saturated rings. The Morgan fingerprint density at radius 2 is 0.818 bits per heavy atom. The lowest BCUT2D eigenvalue weighted by atomic mass is 9.63. The van der Waals surface area contributed by atoms with Crippen molar-refractivity contribution in [3.63, 3.8) is 0 Å². The highest BCUT2D eigenvalue weighted by atomic mass is 16.6. The van der Waals surface area contributed by atoms with Crippen LogP contribution in [-0.2, 0) is 9.47 Å². The Kier molecular flexibility index (Phi) is 9.66. The smallest absolute Gasteiger partial charge is 0.121 e. The Morgan fingerprint density at radius 3 is 1.16 bits per heavy atom. The van der Waals surface area contributed by atoms with E-state index in [1.807, 2.05) is 0 Å². The summed E-state index contributed by atoms with van der Waals surface area (Å²) in [5.41, 5.74) is 3.36. The summed E-state index contributed by atoms with van der Waals surface area (Å²) in [6, 6.07) is 0. The molecule has 2 N–H and O–H groups in total. The molecule has 0 aromatic carbocycles. The Morgan fingerprint density at radius 1 is 0.500 bits per heavy atom. The molecular formula is C40H56O4. The third kappa shape index (κ3) is 6.84. The molecule has 2 saturated carbocycles. The topological polar surface area (TPSA) is 65.5 Å². The summed E-state index contributed by atoms with van der Waals surface area (Å²) in [6.07, 6.45) is 32.0. The zero-order valence-electron chi connectivity index (χ0n) is 28.8. The van der Waals surface area contributed by atoms with E-state index in [1.165, 1.54) is 22.3 Å². The van der Waals surface area contributed by atoms with Crippen molar-refractivity contribution in [1.82, 2.24) is 0 Å². The lowest BCUT2D eigenvalue weighted by Crippen LogP contribution is -2.46. The van der Waals surface area contributed by atoms with Gasteiger partial charge < -0.3 is 19.7 Å². The first-order valence-corrected chi connectivity index (χ1v) is 16.3. The van der Waals surface area contributed by atoms with Gasteiger partial charge in [0.2, 0.25) is 0 Å². The first kappa shape index (κ1) is 34.4. The van der Waals surface area contributed by atoms with Gasteiger partial charge in [-0.1, -0.05) is 123 Å². The highest BCUT2D eigenvalue weighted by Gasteiger charge is 2.75. The monoisotopic (exact) mass is 600 g/mol. The van der Waals surface area contributed by atoms with Gasteiger partial charge in [0.25, 0.3) is 0 Å². The second kappa shape index (κ2) is 12.4. The van der Waals surface area contributed by atoms with Crippen molar-refractivity contribution in [3.8, 4) is 0 Å². The number of epoxide rings is 2. The Bertz CT molecular complexity index is 1270. The number of aliphatic hydroxyl groups excluding tert-OH is 2. The van der Waals surface area contributed by atoms with Crippen LogP contribution in [-0.4, -0.2) is 44.8 Å². The maximum Gasteiger partial charge on any atom is 0.121 e. The van der Waals surface area contributed by atoms with Gasteiger partial charge in [0, 0.05) is 23.7 Å². The van der Waals surface area contributed by atoms with Crippen molar-refractivity contribution < 1.29 is 19.7 Å². The molecule has 2 heterocycles. The number of aliphatic hydroxyl groups is 2. The molecule has 2 saturated heterocycles. The molecule has 4 rings (SSSR count). The van der Waals surface area contributed by atoms with Crippen molar-refractivity contribution in [1.29, 1.82) is 0 Å². The van der Waals surface area contributed by atoms with E-state index in [0.717, 1.165) is 12.8 Å². The van der Waals surface area contributed by atoms with Crippen LogP contribution in [0.5, 0.6) is 0 Å². The van der Waals surface area contributed by atoms with Crippen LogP contribution in [0.3, 0.4) is 0 Å². The van der Waals surface area contributed by atoms with Crippen molar-refractivity contribution in [2.24, 2.45) is 10.8 Å². The molecule has 0 radical (unpaired) electrons. The van der Waals surface area contributed by atoms with Gasteiger partial charge in [-0.05, 0) is 66.5 Å². The normalized spacial score (nSPS) is 39.2. The third-order valence-electron chi connectivity index (χ3n) is 10.4. The molecule has 0 bridgehead atoms. The molecular weight excluding hydrogens is 544 g/mol. The van der Waals surface area contributed by atoms with Crippen molar-refractivity contribution >= 4 is 0 Å². The Hall–Kier alpha value is -2.50. The lowest BCUT2D eigenvalue weighted by molar-refractivity contribution is 0.0510. The van der Waals surface area contributed by atoms with E-state index in [2.05, 4.69) is 154 Å². The van der Waals surface area contributed by atoms with Crippen LogP contribution in [0, 0.1) is 10.8 Å². The molecule has 6 atom stereocenters. The van der Waals surface area contributed by atoms with Gasteiger partial charge in [0.15, 0.2) is 0 Å². The maximum absolute atomic E-state index is 10.3. The summed E-state index contributed by atoms with van der Waals surface area (Å²) in [4.78, 5) is 0. The van der Waals surface area contributed by atoms with E-state index in [9.17, 15) is 10.2 Å². The van der Waals surface area contributed by atoms with Crippen LogP contribution in [0.2, 0.25) is 0 Å². The highest BCUT2D eigenvalue weighted by molar-refractivity contribution is 5.38. The summed E-state index contributed by atoms with van der Waals surface area (Å²) in [5, 5.41) is 20.5. The number of hydrogen-bond acceptors (Lipinski definition) is 4. The Balaban J connectivity index is 1.25. The highest BCUT2D eigenvalue weighted by Crippen LogP contribution is 2.67. The standard InChI is InChI=1S/C40H56O4/c1-29(17-13-19-31(3)21-23-39-35(5,6)25-33(41)27-37(39,9)43-39)15-11-12-16-30(2)18-14-20-32(4)22-24-40-36(7,8)26-34(42)28-38(40,10)44-40/h11-24,33-34,41-42H,25-28H2,1-10H3/b12-11+,17-13+,18-14+,23-21+,24-22+,29-15+,30-16+,31-19+,32-20+/t33-,34-,37+,38+,39?,40?/m0/s1. The SMILES string of the molecule is CC(/C=C/C=C(C)/C=C/C12O[C@]1(C)C[C@@H](O)CC2(C)C)=C\C=C\C=C(C)\C=C\C=C(C)\C=C\C12O[C@]1(C)C[C@@H](O)CC2(C)C. The summed E-state index contributed by atoms with van der Waals surface area (Å²) in [7, 11) is 0. The summed E-state index contributed by atoms with van der Waals surface area (Å²) < 4.78 is 12.5. The predicted molar refractivity (Wildman–Crippen MR) is 183 cm³/mol. The van der Waals surface area contributed by atoms with Crippen LogP contribution in [0.1, 0.15) is 94.9 Å². The first-order valence-electron chi connectivity index (χ1n) is 16.3. The fourth-order valence-corrected chi connectivity index (χ4v) is 7.99. The van der Waals surface area contributed by atoms with Gasteiger partial charge in [-0.3, -0.25) is 0 Å². The van der Waals surface area contributed by atoms with Crippen molar-refractivity contribution in [2.75, 3.05) is 0 Å². The molecule has 4 aliphatic rings.